The predicted molar refractivity (Wildman–Crippen MR) is 45.4 cm³/mol. The molecule has 1 N–H and O–H groups in total. The van der Waals surface area contributed by atoms with E-state index in [0.717, 1.165) is 6.42 Å². The van der Waals surface area contributed by atoms with Crippen LogP contribution < -0.4 is 0 Å². The predicted octanol–water partition coefficient (Wildman–Crippen LogP) is 2.31. The summed E-state index contributed by atoms with van der Waals surface area (Å²) in [7, 11) is 0. The lowest BCUT2D eigenvalue weighted by atomic mass is 9.94. The molecule has 0 rings (SSSR count). The molecule has 0 saturated heterocycles. The number of rotatable bonds is 5. The molecule has 0 saturated carbocycles. The molecule has 1 atom stereocenters. The Hall–Kier alpha value is -0.790. The van der Waals surface area contributed by atoms with Crippen molar-refractivity contribution in [2.24, 2.45) is 11.8 Å². The molecule has 0 aromatic heterocycles. The number of allylic oxidation sites excluding steroid dienone is 1. The second-order valence-corrected chi connectivity index (χ2v) is 3.19. The first-order valence-electron chi connectivity index (χ1n) is 3.91. The van der Waals surface area contributed by atoms with Gasteiger partial charge in [0.1, 0.15) is 0 Å². The first-order chi connectivity index (χ1) is 5.07. The van der Waals surface area contributed by atoms with Crippen LogP contribution in [0.1, 0.15) is 26.7 Å². The van der Waals surface area contributed by atoms with Crippen molar-refractivity contribution in [2.75, 3.05) is 0 Å². The van der Waals surface area contributed by atoms with Gasteiger partial charge in [-0.25, -0.2) is 0 Å². The van der Waals surface area contributed by atoms with Crippen molar-refractivity contribution in [1.82, 2.24) is 0 Å². The van der Waals surface area contributed by atoms with E-state index >= 15 is 0 Å². The van der Waals surface area contributed by atoms with Gasteiger partial charge in [-0.2, -0.15) is 0 Å². The zero-order valence-corrected chi connectivity index (χ0v) is 7.21. The summed E-state index contributed by atoms with van der Waals surface area (Å²) in [5.41, 5.74) is 0. The van der Waals surface area contributed by atoms with Gasteiger partial charge in [0.2, 0.25) is 0 Å². The van der Waals surface area contributed by atoms with E-state index in [1.165, 1.54) is 0 Å². The molecule has 0 amide bonds. The largest absolute Gasteiger partial charge is 0.481 e. The maximum atomic E-state index is 10.6. The van der Waals surface area contributed by atoms with Crippen molar-refractivity contribution in [3.05, 3.63) is 12.7 Å². The van der Waals surface area contributed by atoms with Crippen LogP contribution in [0, 0.1) is 11.8 Å². The van der Waals surface area contributed by atoms with Gasteiger partial charge in [-0.15, -0.1) is 6.58 Å². The number of carboxylic acids is 1. The fourth-order valence-electron chi connectivity index (χ4n) is 1.07. The molecule has 2 nitrogen and oxygen atoms in total. The Morgan fingerprint density at radius 2 is 2.18 bits per heavy atom. The highest BCUT2D eigenvalue weighted by atomic mass is 16.4. The normalized spacial score (nSPS) is 13.0. The minimum atomic E-state index is -0.710. The van der Waals surface area contributed by atoms with Crippen LogP contribution in [0.3, 0.4) is 0 Å². The Labute approximate surface area is 67.9 Å². The summed E-state index contributed by atoms with van der Waals surface area (Å²) in [6.07, 6.45) is 2.98. The highest BCUT2D eigenvalue weighted by Crippen LogP contribution is 2.15. The minimum absolute atomic E-state index is 0.243. The zero-order valence-electron chi connectivity index (χ0n) is 7.21. The SMILES string of the molecule is C=CC[C@@H](CC(C)C)C(=O)O. The minimum Gasteiger partial charge on any atom is -0.481 e. The Morgan fingerprint density at radius 1 is 1.64 bits per heavy atom. The van der Waals surface area contributed by atoms with Gasteiger partial charge in [0.05, 0.1) is 5.92 Å². The van der Waals surface area contributed by atoms with Crippen molar-refractivity contribution >= 4 is 5.97 Å². The van der Waals surface area contributed by atoms with E-state index in [0.29, 0.717) is 12.3 Å². The van der Waals surface area contributed by atoms with E-state index in [4.69, 9.17) is 5.11 Å². The topological polar surface area (TPSA) is 37.3 Å². The molecule has 64 valence electrons. The second-order valence-electron chi connectivity index (χ2n) is 3.19. The molecule has 0 radical (unpaired) electrons. The van der Waals surface area contributed by atoms with Gasteiger partial charge in [-0.1, -0.05) is 19.9 Å². The van der Waals surface area contributed by atoms with Gasteiger partial charge in [0.15, 0.2) is 0 Å². The van der Waals surface area contributed by atoms with Crippen LogP contribution in [-0.2, 0) is 4.79 Å². The van der Waals surface area contributed by atoms with E-state index in [2.05, 4.69) is 6.58 Å². The van der Waals surface area contributed by atoms with Crippen LogP contribution in [0.5, 0.6) is 0 Å². The Balaban J connectivity index is 3.88. The Morgan fingerprint density at radius 3 is 2.45 bits per heavy atom. The van der Waals surface area contributed by atoms with Crippen LogP contribution in [0.2, 0.25) is 0 Å². The van der Waals surface area contributed by atoms with E-state index in [1.807, 2.05) is 13.8 Å². The van der Waals surface area contributed by atoms with E-state index < -0.39 is 5.97 Å². The molecule has 0 bridgehead atoms. The highest BCUT2D eigenvalue weighted by Gasteiger charge is 2.16. The van der Waals surface area contributed by atoms with Crippen molar-refractivity contribution in [2.45, 2.75) is 26.7 Å². The third-order valence-corrected chi connectivity index (χ3v) is 1.56. The summed E-state index contributed by atoms with van der Waals surface area (Å²) in [5.74, 6) is -0.512. The van der Waals surface area contributed by atoms with Crippen molar-refractivity contribution in [3.63, 3.8) is 0 Å². The molecule has 0 heterocycles. The lowest BCUT2D eigenvalue weighted by Gasteiger charge is -2.11. The number of hydrogen-bond acceptors (Lipinski definition) is 1. The van der Waals surface area contributed by atoms with Crippen molar-refractivity contribution in [3.8, 4) is 0 Å². The summed E-state index contributed by atoms with van der Waals surface area (Å²) in [5, 5.41) is 8.71. The van der Waals surface area contributed by atoms with Gasteiger partial charge in [-0.05, 0) is 18.8 Å². The lowest BCUT2D eigenvalue weighted by molar-refractivity contribution is -0.142. The van der Waals surface area contributed by atoms with Crippen LogP contribution in [0.4, 0.5) is 0 Å². The summed E-state index contributed by atoms with van der Waals surface area (Å²) >= 11 is 0. The molecule has 0 spiro atoms. The van der Waals surface area contributed by atoms with Gasteiger partial charge in [-0.3, -0.25) is 4.79 Å². The number of aliphatic carboxylic acids is 1. The van der Waals surface area contributed by atoms with E-state index in [9.17, 15) is 4.79 Å². The molecule has 0 aliphatic carbocycles. The fraction of sp³-hybridized carbons (Fsp3) is 0.667. The Bertz CT molecular complexity index is 138. The molecule has 2 heteroatoms. The standard InChI is InChI=1S/C9H16O2/c1-4-5-8(9(10)11)6-7(2)3/h4,7-8H,1,5-6H2,2-3H3,(H,10,11)/t8-/m0/s1. The zero-order chi connectivity index (χ0) is 8.85. The lowest BCUT2D eigenvalue weighted by Crippen LogP contribution is -2.14. The first-order valence-corrected chi connectivity index (χ1v) is 3.91. The van der Waals surface area contributed by atoms with E-state index in [-0.39, 0.29) is 5.92 Å². The molecular weight excluding hydrogens is 140 g/mol. The van der Waals surface area contributed by atoms with E-state index in [1.54, 1.807) is 6.08 Å². The smallest absolute Gasteiger partial charge is 0.306 e. The average molecular weight is 156 g/mol. The molecule has 0 fully saturated rings. The average Bonchev–Trinajstić information content (AvgIpc) is 1.86. The van der Waals surface area contributed by atoms with Gasteiger partial charge < -0.3 is 5.11 Å². The highest BCUT2D eigenvalue weighted by molar-refractivity contribution is 5.70. The van der Waals surface area contributed by atoms with Gasteiger partial charge in [0, 0.05) is 0 Å². The van der Waals surface area contributed by atoms with Gasteiger partial charge in [0.25, 0.3) is 0 Å². The van der Waals surface area contributed by atoms with Crippen LogP contribution in [0.15, 0.2) is 12.7 Å². The summed E-state index contributed by atoms with van der Waals surface area (Å²) in [6, 6.07) is 0. The summed E-state index contributed by atoms with van der Waals surface area (Å²) < 4.78 is 0. The summed E-state index contributed by atoms with van der Waals surface area (Å²) in [4.78, 5) is 10.6. The fourth-order valence-corrected chi connectivity index (χ4v) is 1.07. The van der Waals surface area contributed by atoms with Crippen molar-refractivity contribution < 1.29 is 9.90 Å². The number of hydrogen-bond donors (Lipinski definition) is 1. The molecule has 0 aromatic carbocycles. The van der Waals surface area contributed by atoms with Gasteiger partial charge >= 0.3 is 5.97 Å². The molecule has 11 heavy (non-hydrogen) atoms. The first kappa shape index (κ1) is 10.2. The summed E-state index contributed by atoms with van der Waals surface area (Å²) in [6.45, 7) is 7.58. The molecule has 0 aliphatic heterocycles. The third-order valence-electron chi connectivity index (χ3n) is 1.56. The van der Waals surface area contributed by atoms with Crippen LogP contribution >= 0.6 is 0 Å². The van der Waals surface area contributed by atoms with Crippen LogP contribution in [-0.4, -0.2) is 11.1 Å². The van der Waals surface area contributed by atoms with Crippen molar-refractivity contribution in [1.29, 1.82) is 0 Å². The Kier molecular flexibility index (Phi) is 4.59. The molecule has 0 aliphatic rings. The monoisotopic (exact) mass is 156 g/mol. The maximum Gasteiger partial charge on any atom is 0.306 e. The maximum absolute atomic E-state index is 10.6. The quantitative estimate of drug-likeness (QED) is 0.620. The second kappa shape index (κ2) is 4.94. The number of carboxylic acid groups (broad SMARTS) is 1. The third kappa shape index (κ3) is 4.59. The van der Waals surface area contributed by atoms with Crippen LogP contribution in [0.25, 0.3) is 0 Å². The molecular formula is C9H16O2. The number of carbonyl (C=O) groups is 1. The molecule has 0 unspecified atom stereocenters. The molecule has 0 aromatic rings.